The maximum atomic E-state index is 12.5. The number of benzene rings is 1. The van der Waals surface area contributed by atoms with Crippen molar-refractivity contribution in [3.05, 3.63) is 39.9 Å². The maximum Gasteiger partial charge on any atom is 0.229 e. The molecule has 0 radical (unpaired) electrons. The molecule has 0 bridgehead atoms. The molecule has 2 fully saturated rings. The quantitative estimate of drug-likeness (QED) is 0.826. The van der Waals surface area contributed by atoms with Crippen LogP contribution in [0.3, 0.4) is 0 Å². The summed E-state index contributed by atoms with van der Waals surface area (Å²) < 4.78 is 0. The molecule has 1 atom stereocenters. The first-order valence-electron chi connectivity index (χ1n) is 8.23. The van der Waals surface area contributed by atoms with Crippen LogP contribution in [-0.4, -0.2) is 29.2 Å². The summed E-state index contributed by atoms with van der Waals surface area (Å²) in [6, 6.07) is 7.71. The summed E-state index contributed by atoms with van der Waals surface area (Å²) in [6.07, 6.45) is 3.88. The summed E-state index contributed by atoms with van der Waals surface area (Å²) in [5.41, 5.74) is 1.33. The van der Waals surface area contributed by atoms with Crippen LogP contribution in [0.2, 0.25) is 5.02 Å². The Morgan fingerprint density at radius 3 is 2.92 bits per heavy atom. The Kier molecular flexibility index (Phi) is 5.63. The first-order chi connectivity index (χ1) is 11.6. The Morgan fingerprint density at radius 1 is 1.36 bits per heavy atom. The van der Waals surface area contributed by atoms with E-state index in [4.69, 9.17) is 11.6 Å². The number of anilines is 1. The van der Waals surface area contributed by atoms with Crippen LogP contribution in [-0.2, 0) is 11.2 Å². The Bertz CT molecular complexity index is 761. The molecule has 1 aromatic heterocycles. The number of carbonyl (C=O) groups excluding carboxylic acids is 1. The number of rotatable bonds is 4. The van der Waals surface area contributed by atoms with Crippen molar-refractivity contribution in [2.24, 2.45) is 11.3 Å². The summed E-state index contributed by atoms with van der Waals surface area (Å²) >= 11 is 7.44. The fourth-order valence-corrected chi connectivity index (χ4v) is 4.58. The minimum Gasteiger partial charge on any atom is -0.317 e. The Balaban J connectivity index is 0.00000182. The van der Waals surface area contributed by atoms with Crippen LogP contribution in [0.1, 0.15) is 29.8 Å². The molecule has 2 N–H and O–H groups in total. The number of piperidine rings is 1. The molecule has 1 aliphatic carbocycles. The highest BCUT2D eigenvalue weighted by Crippen LogP contribution is 2.58. The van der Waals surface area contributed by atoms with Crippen LogP contribution in [0.25, 0.3) is 0 Å². The van der Waals surface area contributed by atoms with Crippen molar-refractivity contribution >= 4 is 46.4 Å². The van der Waals surface area contributed by atoms with Crippen molar-refractivity contribution in [2.45, 2.75) is 25.7 Å². The molecule has 2 aliphatic rings. The van der Waals surface area contributed by atoms with Gasteiger partial charge in [-0.2, -0.15) is 0 Å². The van der Waals surface area contributed by atoms with Crippen molar-refractivity contribution in [2.75, 3.05) is 18.4 Å². The van der Waals surface area contributed by atoms with Gasteiger partial charge >= 0.3 is 0 Å². The number of nitrogens with one attached hydrogen (secondary N) is 2. The van der Waals surface area contributed by atoms with Crippen LogP contribution >= 0.6 is 35.3 Å². The molecule has 1 amide bonds. The zero-order chi connectivity index (χ0) is 16.6. The fourth-order valence-electron chi connectivity index (χ4n) is 3.59. The zero-order valence-electron chi connectivity index (χ0n) is 13.6. The lowest BCUT2D eigenvalue weighted by Gasteiger charge is -2.22. The van der Waals surface area contributed by atoms with Gasteiger partial charge in [-0.25, -0.2) is 0 Å². The second-order valence-corrected chi connectivity index (χ2v) is 8.16. The van der Waals surface area contributed by atoms with E-state index in [-0.39, 0.29) is 29.6 Å². The second kappa shape index (κ2) is 7.58. The molecule has 134 valence electrons. The van der Waals surface area contributed by atoms with E-state index in [2.05, 4.69) is 20.8 Å². The van der Waals surface area contributed by atoms with E-state index >= 15 is 0 Å². The average molecular weight is 399 g/mol. The predicted molar refractivity (Wildman–Crippen MR) is 103 cm³/mol. The molecule has 2 heterocycles. The molecule has 1 saturated carbocycles. The lowest BCUT2D eigenvalue weighted by molar-refractivity contribution is -0.118. The molecule has 2 aromatic rings. The normalized spacial score (nSPS) is 20.8. The van der Waals surface area contributed by atoms with E-state index in [9.17, 15) is 4.79 Å². The standard InChI is InChI=1S/C17H19ClN4OS.ClH/c18-12-3-1-2-11(8-12)9-14-21-22-16(24-14)20-15(23)13-10-17(13)4-6-19-7-5-17;/h1-3,8,13,19H,4-7,9-10H2,(H,20,22,23);1H. The number of aromatic nitrogens is 2. The molecule has 1 spiro atoms. The minimum absolute atomic E-state index is 0. The average Bonchev–Trinajstić information content (AvgIpc) is 3.07. The highest BCUT2D eigenvalue weighted by Gasteiger charge is 2.57. The van der Waals surface area contributed by atoms with Crippen molar-refractivity contribution < 1.29 is 4.79 Å². The molecule has 4 rings (SSSR count). The van der Waals surface area contributed by atoms with Crippen molar-refractivity contribution in [3.63, 3.8) is 0 Å². The topological polar surface area (TPSA) is 66.9 Å². The summed E-state index contributed by atoms with van der Waals surface area (Å²) in [4.78, 5) is 12.5. The van der Waals surface area contributed by atoms with Gasteiger partial charge in [0.15, 0.2) is 0 Å². The number of hydrogen-bond acceptors (Lipinski definition) is 5. The molecule has 25 heavy (non-hydrogen) atoms. The van der Waals surface area contributed by atoms with E-state index < -0.39 is 0 Å². The number of amides is 1. The van der Waals surface area contributed by atoms with Gasteiger partial charge in [-0.15, -0.1) is 22.6 Å². The molecule has 5 nitrogen and oxygen atoms in total. The first-order valence-corrected chi connectivity index (χ1v) is 9.42. The van der Waals surface area contributed by atoms with Crippen LogP contribution in [0, 0.1) is 11.3 Å². The van der Waals surface area contributed by atoms with Crippen molar-refractivity contribution in [3.8, 4) is 0 Å². The zero-order valence-corrected chi connectivity index (χ0v) is 16.0. The van der Waals surface area contributed by atoms with Crippen LogP contribution in [0.15, 0.2) is 24.3 Å². The van der Waals surface area contributed by atoms with Gasteiger partial charge in [0.1, 0.15) is 5.01 Å². The molecule has 1 aromatic carbocycles. The van der Waals surface area contributed by atoms with E-state index in [1.54, 1.807) is 0 Å². The van der Waals surface area contributed by atoms with Crippen LogP contribution < -0.4 is 10.6 Å². The molecule has 1 aliphatic heterocycles. The summed E-state index contributed by atoms with van der Waals surface area (Å²) in [6.45, 7) is 2.04. The van der Waals surface area contributed by atoms with E-state index in [1.165, 1.54) is 11.3 Å². The van der Waals surface area contributed by atoms with Gasteiger partial charge in [0.2, 0.25) is 11.0 Å². The van der Waals surface area contributed by atoms with Gasteiger partial charge in [-0.05, 0) is 55.5 Å². The molecular formula is C17H20Cl2N4OS. The van der Waals surface area contributed by atoms with E-state index in [1.807, 2.05) is 24.3 Å². The fraction of sp³-hybridized carbons (Fsp3) is 0.471. The highest BCUT2D eigenvalue weighted by molar-refractivity contribution is 7.15. The number of halogens is 2. The van der Waals surface area contributed by atoms with Crippen LogP contribution in [0.4, 0.5) is 5.13 Å². The van der Waals surface area contributed by atoms with Crippen molar-refractivity contribution in [1.29, 1.82) is 0 Å². The third-order valence-corrected chi connectivity index (χ3v) is 6.12. The number of nitrogens with zero attached hydrogens (tertiary/aromatic N) is 2. The third kappa shape index (κ3) is 4.14. The summed E-state index contributed by atoms with van der Waals surface area (Å²) in [7, 11) is 0. The Morgan fingerprint density at radius 2 is 2.16 bits per heavy atom. The largest absolute Gasteiger partial charge is 0.317 e. The third-order valence-electron chi connectivity index (χ3n) is 5.05. The lowest BCUT2D eigenvalue weighted by atomic mass is 9.92. The SMILES string of the molecule is Cl.O=C(Nc1nnc(Cc2cccc(Cl)c2)s1)C1CC12CCNCC2. The molecule has 8 heteroatoms. The first kappa shape index (κ1) is 18.6. The van der Waals surface area contributed by atoms with Gasteiger partial charge in [0, 0.05) is 17.4 Å². The van der Waals surface area contributed by atoms with Gasteiger partial charge in [-0.3, -0.25) is 4.79 Å². The molecule has 1 unspecified atom stereocenters. The Hall–Kier alpha value is -1.21. The second-order valence-electron chi connectivity index (χ2n) is 6.67. The monoisotopic (exact) mass is 398 g/mol. The number of hydrogen-bond donors (Lipinski definition) is 2. The van der Waals surface area contributed by atoms with E-state index in [0.29, 0.717) is 16.6 Å². The smallest absolute Gasteiger partial charge is 0.229 e. The predicted octanol–water partition coefficient (Wildman–Crippen LogP) is 3.53. The van der Waals surface area contributed by atoms with Crippen LogP contribution in [0.5, 0.6) is 0 Å². The summed E-state index contributed by atoms with van der Waals surface area (Å²) in [5, 5.41) is 16.8. The number of carbonyl (C=O) groups is 1. The highest BCUT2D eigenvalue weighted by atomic mass is 35.5. The molecular weight excluding hydrogens is 379 g/mol. The maximum absolute atomic E-state index is 12.5. The van der Waals surface area contributed by atoms with Crippen molar-refractivity contribution in [1.82, 2.24) is 15.5 Å². The van der Waals surface area contributed by atoms with Gasteiger partial charge in [-0.1, -0.05) is 35.1 Å². The summed E-state index contributed by atoms with van der Waals surface area (Å²) in [5.74, 6) is 0.238. The Labute approximate surface area is 162 Å². The van der Waals surface area contributed by atoms with E-state index in [0.717, 1.165) is 42.9 Å². The minimum atomic E-state index is 0. The molecule has 1 saturated heterocycles. The van der Waals surface area contributed by atoms with Gasteiger partial charge in [0.05, 0.1) is 0 Å². The van der Waals surface area contributed by atoms with Gasteiger partial charge in [0.25, 0.3) is 0 Å². The lowest BCUT2D eigenvalue weighted by Crippen LogP contribution is -2.31. The van der Waals surface area contributed by atoms with Gasteiger partial charge < -0.3 is 10.6 Å².